The molecule has 1 atom stereocenters. The van der Waals surface area contributed by atoms with Crippen LogP contribution in [0.2, 0.25) is 0 Å². The second-order valence-corrected chi connectivity index (χ2v) is 4.57. The summed E-state index contributed by atoms with van der Waals surface area (Å²) in [6, 6.07) is -0.0941. The van der Waals surface area contributed by atoms with Crippen LogP contribution in [-0.2, 0) is 0 Å². The van der Waals surface area contributed by atoms with E-state index in [1.165, 1.54) is 0 Å². The fourth-order valence-electron chi connectivity index (χ4n) is 2.32. The van der Waals surface area contributed by atoms with Gasteiger partial charge in [0.05, 0.1) is 6.04 Å². The van der Waals surface area contributed by atoms with Crippen LogP contribution in [0.4, 0.5) is 4.79 Å². The van der Waals surface area contributed by atoms with Gasteiger partial charge in [-0.15, -0.1) is 0 Å². The zero-order chi connectivity index (χ0) is 13.0. The molecule has 0 saturated carbocycles. The van der Waals surface area contributed by atoms with Gasteiger partial charge < -0.3 is 14.7 Å². The molecule has 0 aliphatic carbocycles. The Hall–Kier alpha value is -1.59. The summed E-state index contributed by atoms with van der Waals surface area (Å²) in [6.45, 7) is 5.07. The standard InChI is InChI=1S/C12H20N4O2/c1-3-13-12(17)16-8-6-4-5-7-10(16)11-14-9(2)18-15-11/h10H,3-8H2,1-2H3,(H,13,17)/t10-/m1/s1. The zero-order valence-corrected chi connectivity index (χ0v) is 11.0. The molecule has 1 aliphatic heterocycles. The highest BCUT2D eigenvalue weighted by molar-refractivity contribution is 5.74. The first-order valence-electron chi connectivity index (χ1n) is 6.57. The summed E-state index contributed by atoms with van der Waals surface area (Å²) in [4.78, 5) is 18.2. The maximum atomic E-state index is 12.1. The van der Waals surface area contributed by atoms with Crippen LogP contribution >= 0.6 is 0 Å². The van der Waals surface area contributed by atoms with Crippen molar-refractivity contribution in [1.29, 1.82) is 0 Å². The topological polar surface area (TPSA) is 71.3 Å². The highest BCUT2D eigenvalue weighted by Gasteiger charge is 2.29. The van der Waals surface area contributed by atoms with Gasteiger partial charge in [-0.05, 0) is 19.8 Å². The lowest BCUT2D eigenvalue weighted by Crippen LogP contribution is -2.42. The van der Waals surface area contributed by atoms with Crippen molar-refractivity contribution in [3.63, 3.8) is 0 Å². The summed E-state index contributed by atoms with van der Waals surface area (Å²) in [7, 11) is 0. The zero-order valence-electron chi connectivity index (χ0n) is 11.0. The molecule has 100 valence electrons. The number of urea groups is 1. The van der Waals surface area contributed by atoms with Crippen LogP contribution in [-0.4, -0.2) is 34.2 Å². The van der Waals surface area contributed by atoms with Crippen molar-refractivity contribution in [2.75, 3.05) is 13.1 Å². The number of aryl methyl sites for hydroxylation is 1. The van der Waals surface area contributed by atoms with E-state index in [-0.39, 0.29) is 12.1 Å². The number of nitrogens with zero attached hydrogens (tertiary/aromatic N) is 3. The number of hydrogen-bond acceptors (Lipinski definition) is 4. The number of likely N-dealkylation sites (tertiary alicyclic amines) is 1. The van der Waals surface area contributed by atoms with E-state index in [2.05, 4.69) is 15.5 Å². The van der Waals surface area contributed by atoms with E-state index >= 15 is 0 Å². The van der Waals surface area contributed by atoms with Crippen molar-refractivity contribution in [2.45, 2.75) is 45.6 Å². The molecule has 2 heterocycles. The van der Waals surface area contributed by atoms with Crippen LogP contribution in [0.15, 0.2) is 4.52 Å². The second-order valence-electron chi connectivity index (χ2n) is 4.57. The highest BCUT2D eigenvalue weighted by atomic mass is 16.5. The maximum absolute atomic E-state index is 12.1. The molecule has 0 radical (unpaired) electrons. The Balaban J connectivity index is 2.18. The first-order chi connectivity index (χ1) is 8.72. The summed E-state index contributed by atoms with van der Waals surface area (Å²) >= 11 is 0. The van der Waals surface area contributed by atoms with E-state index in [1.54, 1.807) is 6.92 Å². The molecule has 1 aromatic rings. The average molecular weight is 252 g/mol. The largest absolute Gasteiger partial charge is 0.340 e. The Morgan fingerprint density at radius 1 is 1.50 bits per heavy atom. The molecule has 0 spiro atoms. The quantitative estimate of drug-likeness (QED) is 0.874. The summed E-state index contributed by atoms with van der Waals surface area (Å²) in [5.74, 6) is 1.17. The predicted molar refractivity (Wildman–Crippen MR) is 66.0 cm³/mol. The number of hydrogen-bond donors (Lipinski definition) is 1. The van der Waals surface area contributed by atoms with Gasteiger partial charge in [0.15, 0.2) is 5.82 Å². The molecule has 1 saturated heterocycles. The molecular formula is C12H20N4O2. The molecule has 2 amide bonds. The van der Waals surface area contributed by atoms with Gasteiger partial charge in [-0.3, -0.25) is 0 Å². The van der Waals surface area contributed by atoms with Crippen molar-refractivity contribution in [3.05, 3.63) is 11.7 Å². The summed E-state index contributed by atoms with van der Waals surface area (Å²) in [6.07, 6.45) is 4.16. The van der Waals surface area contributed by atoms with E-state index < -0.39 is 0 Å². The van der Waals surface area contributed by atoms with E-state index in [0.29, 0.717) is 18.3 Å². The smallest absolute Gasteiger partial charge is 0.318 e. The molecule has 2 rings (SSSR count). The first kappa shape index (κ1) is 12.9. The predicted octanol–water partition coefficient (Wildman–Crippen LogP) is 2.02. The Labute approximate surface area is 107 Å². The Morgan fingerprint density at radius 2 is 2.33 bits per heavy atom. The third kappa shape index (κ3) is 2.80. The Kier molecular flexibility index (Phi) is 4.17. The summed E-state index contributed by atoms with van der Waals surface area (Å²) in [5.41, 5.74) is 0. The van der Waals surface area contributed by atoms with Gasteiger partial charge in [0.1, 0.15) is 0 Å². The van der Waals surface area contributed by atoms with Crippen LogP contribution in [0.1, 0.15) is 50.4 Å². The van der Waals surface area contributed by atoms with E-state index in [0.717, 1.165) is 32.2 Å². The van der Waals surface area contributed by atoms with Gasteiger partial charge in [-0.25, -0.2) is 4.79 Å². The number of carbonyl (C=O) groups excluding carboxylic acids is 1. The molecular weight excluding hydrogens is 232 g/mol. The van der Waals surface area contributed by atoms with Gasteiger partial charge in [-0.2, -0.15) is 4.98 Å². The van der Waals surface area contributed by atoms with Crippen LogP contribution in [0.3, 0.4) is 0 Å². The van der Waals surface area contributed by atoms with Gasteiger partial charge in [0.2, 0.25) is 5.89 Å². The number of amides is 2. The normalized spacial score (nSPS) is 20.6. The minimum absolute atomic E-state index is 0.0353. The van der Waals surface area contributed by atoms with Crippen LogP contribution < -0.4 is 5.32 Å². The van der Waals surface area contributed by atoms with Gasteiger partial charge in [0.25, 0.3) is 0 Å². The fraction of sp³-hybridized carbons (Fsp3) is 0.750. The molecule has 0 aromatic carbocycles. The lowest BCUT2D eigenvalue weighted by molar-refractivity contribution is 0.172. The third-order valence-corrected chi connectivity index (χ3v) is 3.18. The van der Waals surface area contributed by atoms with Crippen molar-refractivity contribution in [3.8, 4) is 0 Å². The minimum Gasteiger partial charge on any atom is -0.340 e. The molecule has 0 bridgehead atoms. The van der Waals surface area contributed by atoms with Crippen molar-refractivity contribution < 1.29 is 9.32 Å². The second kappa shape index (κ2) is 5.84. The minimum atomic E-state index is -0.0588. The molecule has 6 nitrogen and oxygen atoms in total. The highest BCUT2D eigenvalue weighted by Crippen LogP contribution is 2.28. The molecule has 1 fully saturated rings. The van der Waals surface area contributed by atoms with E-state index in [4.69, 9.17) is 4.52 Å². The SMILES string of the molecule is CCNC(=O)N1CCCCC[C@@H]1c1noc(C)n1. The van der Waals surface area contributed by atoms with Crippen molar-refractivity contribution in [1.82, 2.24) is 20.4 Å². The molecule has 0 unspecified atom stereocenters. The summed E-state index contributed by atoms with van der Waals surface area (Å²) in [5, 5.41) is 6.82. The van der Waals surface area contributed by atoms with E-state index in [1.807, 2.05) is 11.8 Å². The first-order valence-corrected chi connectivity index (χ1v) is 6.57. The lowest BCUT2D eigenvalue weighted by Gasteiger charge is -2.27. The average Bonchev–Trinajstić information content (AvgIpc) is 2.64. The van der Waals surface area contributed by atoms with Gasteiger partial charge in [-0.1, -0.05) is 18.0 Å². The third-order valence-electron chi connectivity index (χ3n) is 3.18. The monoisotopic (exact) mass is 252 g/mol. The molecule has 1 aliphatic rings. The van der Waals surface area contributed by atoms with Gasteiger partial charge in [0, 0.05) is 20.0 Å². The Morgan fingerprint density at radius 3 is 3.00 bits per heavy atom. The molecule has 1 aromatic heterocycles. The molecule has 6 heteroatoms. The number of rotatable bonds is 2. The Bertz CT molecular complexity index is 405. The van der Waals surface area contributed by atoms with Crippen LogP contribution in [0, 0.1) is 6.92 Å². The number of carbonyl (C=O) groups is 1. The molecule has 18 heavy (non-hydrogen) atoms. The van der Waals surface area contributed by atoms with Crippen LogP contribution in [0.5, 0.6) is 0 Å². The molecule has 1 N–H and O–H groups in total. The van der Waals surface area contributed by atoms with Crippen molar-refractivity contribution >= 4 is 6.03 Å². The number of aromatic nitrogens is 2. The maximum Gasteiger partial charge on any atom is 0.318 e. The van der Waals surface area contributed by atoms with Crippen molar-refractivity contribution in [2.24, 2.45) is 0 Å². The number of nitrogens with one attached hydrogen (secondary N) is 1. The van der Waals surface area contributed by atoms with Gasteiger partial charge >= 0.3 is 6.03 Å². The summed E-state index contributed by atoms with van der Waals surface area (Å²) < 4.78 is 5.03. The lowest BCUT2D eigenvalue weighted by atomic mass is 10.1. The fourth-order valence-corrected chi connectivity index (χ4v) is 2.32. The van der Waals surface area contributed by atoms with Crippen LogP contribution in [0.25, 0.3) is 0 Å². The van der Waals surface area contributed by atoms with E-state index in [9.17, 15) is 4.79 Å².